The molecule has 2 atom stereocenters. The predicted octanol–water partition coefficient (Wildman–Crippen LogP) is 4.26. The van der Waals surface area contributed by atoms with Gasteiger partial charge in [-0.05, 0) is 37.3 Å². The van der Waals surface area contributed by atoms with Crippen molar-refractivity contribution in [3.05, 3.63) is 53.6 Å². The van der Waals surface area contributed by atoms with Crippen LogP contribution < -0.4 is 0 Å². The molecule has 1 heteroatoms. The van der Waals surface area contributed by atoms with Crippen LogP contribution in [-0.4, -0.2) is 5.11 Å². The Morgan fingerprint density at radius 1 is 0.941 bits per heavy atom. The van der Waals surface area contributed by atoms with E-state index >= 15 is 0 Å². The maximum absolute atomic E-state index is 9.99. The molecular formula is C16H18O. The molecule has 1 aromatic carbocycles. The van der Waals surface area contributed by atoms with Gasteiger partial charge >= 0.3 is 0 Å². The van der Waals surface area contributed by atoms with Gasteiger partial charge in [-0.2, -0.15) is 0 Å². The molecule has 2 aliphatic carbocycles. The highest BCUT2D eigenvalue weighted by molar-refractivity contribution is 5.43. The topological polar surface area (TPSA) is 20.2 Å². The van der Waals surface area contributed by atoms with E-state index in [1.807, 2.05) is 6.07 Å². The maximum Gasteiger partial charge on any atom is 0.119 e. The van der Waals surface area contributed by atoms with Crippen molar-refractivity contribution in [1.82, 2.24) is 0 Å². The van der Waals surface area contributed by atoms with E-state index in [0.29, 0.717) is 17.6 Å². The summed E-state index contributed by atoms with van der Waals surface area (Å²) >= 11 is 0. The number of allylic oxidation sites excluding steroid dienone is 4. The lowest BCUT2D eigenvalue weighted by Crippen LogP contribution is -1.97. The zero-order chi connectivity index (χ0) is 11.7. The molecular weight excluding hydrogens is 208 g/mol. The van der Waals surface area contributed by atoms with Crippen molar-refractivity contribution in [3.63, 3.8) is 0 Å². The van der Waals surface area contributed by atoms with Gasteiger partial charge in [0.05, 0.1) is 0 Å². The quantitative estimate of drug-likeness (QED) is 0.747. The van der Waals surface area contributed by atoms with E-state index in [-0.39, 0.29) is 0 Å². The standard InChI is InChI=1S/C16H18O/c17-16-10-9-14(12-5-1-2-6-12)11-15(16)13-7-3-4-8-13/h1,3,5,7,9-13,17H,2,4,6,8H2/t12-,13-/m0/s1. The Kier molecular flexibility index (Phi) is 2.76. The molecule has 0 spiro atoms. The Balaban J connectivity index is 1.94. The van der Waals surface area contributed by atoms with Crippen molar-refractivity contribution in [3.8, 4) is 5.75 Å². The van der Waals surface area contributed by atoms with E-state index in [9.17, 15) is 5.11 Å². The minimum absolute atomic E-state index is 0.417. The zero-order valence-corrected chi connectivity index (χ0v) is 9.97. The normalized spacial score (nSPS) is 26.8. The molecule has 2 aliphatic rings. The molecule has 1 N–H and O–H groups in total. The second-order valence-electron chi connectivity index (χ2n) is 5.04. The second-order valence-corrected chi connectivity index (χ2v) is 5.04. The third kappa shape index (κ3) is 2.02. The number of phenols is 1. The Labute approximate surface area is 102 Å². The van der Waals surface area contributed by atoms with Crippen molar-refractivity contribution in [1.29, 1.82) is 0 Å². The second kappa shape index (κ2) is 4.40. The minimum atomic E-state index is 0.417. The van der Waals surface area contributed by atoms with Crippen molar-refractivity contribution < 1.29 is 5.11 Å². The van der Waals surface area contributed by atoms with Crippen LogP contribution in [0.3, 0.4) is 0 Å². The monoisotopic (exact) mass is 226 g/mol. The smallest absolute Gasteiger partial charge is 0.119 e. The van der Waals surface area contributed by atoms with Gasteiger partial charge in [0.1, 0.15) is 5.75 Å². The highest BCUT2D eigenvalue weighted by Gasteiger charge is 2.18. The average molecular weight is 226 g/mol. The van der Waals surface area contributed by atoms with Gasteiger partial charge in [-0.25, -0.2) is 0 Å². The summed E-state index contributed by atoms with van der Waals surface area (Å²) in [4.78, 5) is 0. The molecule has 0 saturated heterocycles. The van der Waals surface area contributed by atoms with Crippen LogP contribution in [-0.2, 0) is 0 Å². The molecule has 0 radical (unpaired) electrons. The Morgan fingerprint density at radius 2 is 1.65 bits per heavy atom. The zero-order valence-electron chi connectivity index (χ0n) is 9.97. The van der Waals surface area contributed by atoms with Gasteiger partial charge in [0.15, 0.2) is 0 Å². The van der Waals surface area contributed by atoms with E-state index in [1.54, 1.807) is 0 Å². The SMILES string of the molecule is Oc1ccc([C@H]2C=CCC2)cc1[C@H]1C=CCC1. The van der Waals surface area contributed by atoms with Crippen LogP contribution in [0.4, 0.5) is 0 Å². The van der Waals surface area contributed by atoms with Crippen LogP contribution in [0.5, 0.6) is 5.75 Å². The average Bonchev–Trinajstić information content (AvgIpc) is 3.03. The highest BCUT2D eigenvalue weighted by Crippen LogP contribution is 2.37. The largest absolute Gasteiger partial charge is 0.508 e. The molecule has 0 amide bonds. The molecule has 0 aliphatic heterocycles. The van der Waals surface area contributed by atoms with Gasteiger partial charge in [-0.15, -0.1) is 0 Å². The van der Waals surface area contributed by atoms with E-state index in [4.69, 9.17) is 0 Å². The number of phenolic OH excluding ortho intramolecular Hbond substituents is 1. The molecule has 88 valence electrons. The lowest BCUT2D eigenvalue weighted by atomic mass is 9.91. The number of aromatic hydroxyl groups is 1. The van der Waals surface area contributed by atoms with Crippen molar-refractivity contribution in [2.24, 2.45) is 0 Å². The fraction of sp³-hybridized carbons (Fsp3) is 0.375. The summed E-state index contributed by atoms with van der Waals surface area (Å²) in [5, 5.41) is 9.99. The van der Waals surface area contributed by atoms with Crippen molar-refractivity contribution in [2.75, 3.05) is 0 Å². The van der Waals surface area contributed by atoms with Crippen LogP contribution in [0.2, 0.25) is 0 Å². The van der Waals surface area contributed by atoms with Crippen LogP contribution in [0.15, 0.2) is 42.5 Å². The van der Waals surface area contributed by atoms with E-state index in [0.717, 1.165) is 18.4 Å². The summed E-state index contributed by atoms with van der Waals surface area (Å²) in [7, 11) is 0. The number of rotatable bonds is 2. The first-order valence-electron chi connectivity index (χ1n) is 6.51. The summed E-state index contributed by atoms with van der Waals surface area (Å²) in [6, 6.07) is 6.14. The van der Waals surface area contributed by atoms with E-state index in [2.05, 4.69) is 36.4 Å². The highest BCUT2D eigenvalue weighted by atomic mass is 16.3. The molecule has 0 heterocycles. The van der Waals surface area contributed by atoms with Gasteiger partial charge in [-0.3, -0.25) is 0 Å². The Bertz CT molecular complexity index is 470. The minimum Gasteiger partial charge on any atom is -0.508 e. The summed E-state index contributed by atoms with van der Waals surface area (Å²) in [5.74, 6) is 1.42. The van der Waals surface area contributed by atoms with Gasteiger partial charge in [0.2, 0.25) is 0 Å². The lowest BCUT2D eigenvalue weighted by Gasteiger charge is -2.15. The summed E-state index contributed by atoms with van der Waals surface area (Å²) < 4.78 is 0. The van der Waals surface area contributed by atoms with Gasteiger partial charge < -0.3 is 5.11 Å². The van der Waals surface area contributed by atoms with Crippen LogP contribution >= 0.6 is 0 Å². The number of hydrogen-bond donors (Lipinski definition) is 1. The summed E-state index contributed by atoms with van der Waals surface area (Å²) in [5.41, 5.74) is 2.46. The molecule has 3 rings (SSSR count). The van der Waals surface area contributed by atoms with E-state index in [1.165, 1.54) is 18.4 Å². The van der Waals surface area contributed by atoms with Crippen LogP contribution in [0.1, 0.15) is 48.6 Å². The lowest BCUT2D eigenvalue weighted by molar-refractivity contribution is 0.464. The number of benzene rings is 1. The molecule has 1 nitrogen and oxygen atoms in total. The fourth-order valence-electron chi connectivity index (χ4n) is 2.90. The fourth-order valence-corrected chi connectivity index (χ4v) is 2.90. The maximum atomic E-state index is 9.99. The third-order valence-corrected chi connectivity index (χ3v) is 3.90. The molecule has 0 bridgehead atoms. The van der Waals surface area contributed by atoms with Gasteiger partial charge in [0.25, 0.3) is 0 Å². The molecule has 0 fully saturated rings. The van der Waals surface area contributed by atoms with Crippen LogP contribution in [0, 0.1) is 0 Å². The van der Waals surface area contributed by atoms with Gasteiger partial charge in [-0.1, -0.05) is 36.4 Å². The van der Waals surface area contributed by atoms with E-state index < -0.39 is 0 Å². The van der Waals surface area contributed by atoms with Crippen molar-refractivity contribution >= 4 is 0 Å². The predicted molar refractivity (Wildman–Crippen MR) is 70.3 cm³/mol. The summed E-state index contributed by atoms with van der Waals surface area (Å²) in [6.45, 7) is 0. The Morgan fingerprint density at radius 3 is 2.29 bits per heavy atom. The molecule has 17 heavy (non-hydrogen) atoms. The van der Waals surface area contributed by atoms with Crippen molar-refractivity contribution in [2.45, 2.75) is 37.5 Å². The summed E-state index contributed by atoms with van der Waals surface area (Å²) in [6.07, 6.45) is 13.7. The molecule has 1 aromatic rings. The first-order chi connectivity index (χ1) is 8.34. The first kappa shape index (κ1) is 10.6. The van der Waals surface area contributed by atoms with Crippen LogP contribution in [0.25, 0.3) is 0 Å². The first-order valence-corrected chi connectivity index (χ1v) is 6.51. The Hall–Kier alpha value is -1.50. The molecule has 0 aromatic heterocycles. The molecule has 0 saturated carbocycles. The number of hydrogen-bond acceptors (Lipinski definition) is 1. The van der Waals surface area contributed by atoms with Gasteiger partial charge in [0, 0.05) is 17.4 Å². The third-order valence-electron chi connectivity index (χ3n) is 3.90. The molecule has 0 unspecified atom stereocenters.